The zero-order chi connectivity index (χ0) is 16.4. The van der Waals surface area contributed by atoms with Crippen molar-refractivity contribution < 1.29 is 13.2 Å². The summed E-state index contributed by atoms with van der Waals surface area (Å²) in [5.74, 6) is -0.144. The smallest absolute Gasteiger partial charge is 0.246 e. The molecule has 1 saturated heterocycles. The van der Waals surface area contributed by atoms with Crippen LogP contribution in [0.4, 0.5) is 0 Å². The van der Waals surface area contributed by atoms with E-state index in [1.54, 1.807) is 28.9 Å². The van der Waals surface area contributed by atoms with Crippen LogP contribution in [0.25, 0.3) is 0 Å². The van der Waals surface area contributed by atoms with Gasteiger partial charge < -0.3 is 0 Å². The number of Topliss-reactive ketones (excluding diaryl/α,β-unsaturated/α-hetero) is 1. The number of aryl methyl sites for hydroxylation is 1. The van der Waals surface area contributed by atoms with E-state index in [-0.39, 0.29) is 10.7 Å². The van der Waals surface area contributed by atoms with E-state index in [2.05, 4.69) is 5.10 Å². The second-order valence-corrected chi connectivity index (χ2v) is 7.43. The summed E-state index contributed by atoms with van der Waals surface area (Å²) in [5.41, 5.74) is 0.545. The van der Waals surface area contributed by atoms with E-state index in [0.29, 0.717) is 31.5 Å². The minimum absolute atomic E-state index is 0.144. The number of aromatic nitrogens is 2. The van der Waals surface area contributed by atoms with Crippen molar-refractivity contribution in [2.45, 2.75) is 37.2 Å². The van der Waals surface area contributed by atoms with Gasteiger partial charge in [-0.2, -0.15) is 9.40 Å². The van der Waals surface area contributed by atoms with Crippen LogP contribution in [-0.4, -0.2) is 40.9 Å². The second kappa shape index (κ2) is 6.25. The lowest BCUT2D eigenvalue weighted by Crippen LogP contribution is -2.40. The highest BCUT2D eigenvalue weighted by Crippen LogP contribution is 2.28. The van der Waals surface area contributed by atoms with Gasteiger partial charge in [0.05, 0.1) is 12.2 Å². The van der Waals surface area contributed by atoms with Gasteiger partial charge in [-0.05, 0) is 19.8 Å². The predicted octanol–water partition coefficient (Wildman–Crippen LogP) is 1.94. The van der Waals surface area contributed by atoms with Crippen molar-refractivity contribution in [3.63, 3.8) is 0 Å². The lowest BCUT2D eigenvalue weighted by molar-refractivity contribution is 0.0918. The third-order valence-corrected chi connectivity index (χ3v) is 5.97. The molecule has 1 fully saturated rings. The molecular formula is C16H19N3O3S. The summed E-state index contributed by atoms with van der Waals surface area (Å²) >= 11 is 0. The van der Waals surface area contributed by atoms with E-state index in [9.17, 15) is 13.2 Å². The first-order valence-electron chi connectivity index (χ1n) is 7.67. The Labute approximate surface area is 135 Å². The molecule has 0 amide bonds. The summed E-state index contributed by atoms with van der Waals surface area (Å²) in [4.78, 5) is 12.8. The van der Waals surface area contributed by atoms with Crippen LogP contribution in [0.5, 0.6) is 0 Å². The van der Waals surface area contributed by atoms with Crippen molar-refractivity contribution in [1.29, 1.82) is 0 Å². The molecule has 3 rings (SSSR count). The lowest BCUT2D eigenvalue weighted by atomic mass is 10.0. The van der Waals surface area contributed by atoms with Crippen molar-refractivity contribution in [3.05, 3.63) is 48.3 Å². The van der Waals surface area contributed by atoms with E-state index in [1.807, 2.05) is 13.0 Å². The van der Waals surface area contributed by atoms with Crippen LogP contribution in [0.2, 0.25) is 0 Å². The van der Waals surface area contributed by atoms with Crippen LogP contribution >= 0.6 is 0 Å². The number of sulfonamides is 1. The first-order chi connectivity index (χ1) is 11.0. The molecule has 1 aliphatic heterocycles. The van der Waals surface area contributed by atoms with E-state index >= 15 is 0 Å². The topological polar surface area (TPSA) is 72.3 Å². The summed E-state index contributed by atoms with van der Waals surface area (Å²) in [6, 6.07) is 8.21. The Hall–Kier alpha value is -1.99. The number of rotatable bonds is 5. The molecule has 122 valence electrons. The molecule has 0 bridgehead atoms. The van der Waals surface area contributed by atoms with E-state index in [0.717, 1.165) is 0 Å². The molecule has 2 heterocycles. The third kappa shape index (κ3) is 2.94. The fraction of sp³-hybridized carbons (Fsp3) is 0.375. The van der Waals surface area contributed by atoms with Gasteiger partial charge in [-0.15, -0.1) is 0 Å². The van der Waals surface area contributed by atoms with Gasteiger partial charge in [0.1, 0.15) is 4.90 Å². The zero-order valence-corrected chi connectivity index (χ0v) is 13.7. The Balaban J connectivity index is 1.90. The Morgan fingerprint density at radius 3 is 2.70 bits per heavy atom. The first-order valence-corrected chi connectivity index (χ1v) is 9.11. The van der Waals surface area contributed by atoms with Crippen molar-refractivity contribution >= 4 is 15.8 Å². The maximum Gasteiger partial charge on any atom is 0.246 e. The number of hydrogen-bond acceptors (Lipinski definition) is 4. The minimum atomic E-state index is -3.70. The van der Waals surface area contributed by atoms with Crippen LogP contribution in [0.15, 0.2) is 47.6 Å². The largest absolute Gasteiger partial charge is 0.292 e. The van der Waals surface area contributed by atoms with Gasteiger partial charge >= 0.3 is 0 Å². The molecule has 7 heteroatoms. The second-order valence-electron chi connectivity index (χ2n) is 5.54. The van der Waals surface area contributed by atoms with Crippen molar-refractivity contribution in [3.8, 4) is 0 Å². The number of benzene rings is 1. The molecule has 0 spiro atoms. The number of ketones is 1. The van der Waals surface area contributed by atoms with Gasteiger partial charge in [-0.3, -0.25) is 9.48 Å². The van der Waals surface area contributed by atoms with Gasteiger partial charge in [-0.25, -0.2) is 8.42 Å². The molecule has 1 aromatic heterocycles. The number of nitrogens with zero attached hydrogens (tertiary/aromatic N) is 3. The average Bonchev–Trinajstić information content (AvgIpc) is 3.24. The first kappa shape index (κ1) is 15.9. The summed E-state index contributed by atoms with van der Waals surface area (Å²) < 4.78 is 28.5. The van der Waals surface area contributed by atoms with Crippen LogP contribution in [-0.2, 0) is 16.6 Å². The Kier molecular flexibility index (Phi) is 4.32. The molecule has 1 aromatic carbocycles. The molecule has 6 nitrogen and oxygen atoms in total. The molecular weight excluding hydrogens is 314 g/mol. The highest BCUT2D eigenvalue weighted by Gasteiger charge is 2.40. The Morgan fingerprint density at radius 2 is 2.04 bits per heavy atom. The summed E-state index contributed by atoms with van der Waals surface area (Å²) in [6.07, 6.45) is 4.10. The molecule has 23 heavy (non-hydrogen) atoms. The van der Waals surface area contributed by atoms with Gasteiger partial charge in [0.2, 0.25) is 10.0 Å². The Morgan fingerprint density at radius 1 is 1.30 bits per heavy atom. The molecule has 0 N–H and O–H groups in total. The summed E-state index contributed by atoms with van der Waals surface area (Å²) in [5, 5.41) is 4.03. The molecule has 2 aromatic rings. The van der Waals surface area contributed by atoms with Crippen LogP contribution in [0, 0.1) is 0 Å². The summed E-state index contributed by atoms with van der Waals surface area (Å²) in [7, 11) is -3.70. The van der Waals surface area contributed by atoms with Crippen LogP contribution in [0.1, 0.15) is 30.1 Å². The quantitative estimate of drug-likeness (QED) is 0.784. The molecule has 1 aliphatic rings. The maximum atomic E-state index is 12.8. The Bertz CT molecular complexity index is 799. The predicted molar refractivity (Wildman–Crippen MR) is 85.6 cm³/mol. The maximum absolute atomic E-state index is 12.8. The normalized spacial score (nSPS) is 19.1. The number of carbonyl (C=O) groups is 1. The van der Waals surface area contributed by atoms with Gasteiger partial charge in [0.25, 0.3) is 0 Å². The van der Waals surface area contributed by atoms with Crippen molar-refractivity contribution in [2.24, 2.45) is 0 Å². The van der Waals surface area contributed by atoms with Gasteiger partial charge in [0, 0.05) is 24.8 Å². The average molecular weight is 333 g/mol. The third-order valence-electron chi connectivity index (χ3n) is 4.10. The molecule has 0 saturated carbocycles. The number of carbonyl (C=O) groups excluding carboxylic acids is 1. The van der Waals surface area contributed by atoms with Gasteiger partial charge in [-0.1, -0.05) is 30.3 Å². The van der Waals surface area contributed by atoms with Crippen molar-refractivity contribution in [2.75, 3.05) is 6.54 Å². The monoisotopic (exact) mass is 333 g/mol. The van der Waals surface area contributed by atoms with Crippen LogP contribution < -0.4 is 0 Å². The number of hydrogen-bond donors (Lipinski definition) is 0. The summed E-state index contributed by atoms with van der Waals surface area (Å²) in [6.45, 7) is 2.85. The van der Waals surface area contributed by atoms with Gasteiger partial charge in [0.15, 0.2) is 5.78 Å². The minimum Gasteiger partial charge on any atom is -0.292 e. The van der Waals surface area contributed by atoms with Crippen molar-refractivity contribution in [1.82, 2.24) is 14.1 Å². The highest BCUT2D eigenvalue weighted by molar-refractivity contribution is 7.89. The fourth-order valence-electron chi connectivity index (χ4n) is 2.87. The zero-order valence-electron chi connectivity index (χ0n) is 12.9. The van der Waals surface area contributed by atoms with E-state index < -0.39 is 16.1 Å². The molecule has 0 radical (unpaired) electrons. The standard InChI is InChI=1S/C16H19N3O3S/c1-2-18-12-14(11-17-18)23(21,22)19-10-6-9-15(19)16(20)13-7-4-3-5-8-13/h3-5,7-8,11-12,15H,2,6,9-10H2,1H3/t15-/m0/s1. The fourth-order valence-corrected chi connectivity index (χ4v) is 4.48. The highest BCUT2D eigenvalue weighted by atomic mass is 32.2. The SMILES string of the molecule is CCn1cc(S(=O)(=O)N2CCC[C@H]2C(=O)c2ccccc2)cn1. The molecule has 0 unspecified atom stereocenters. The van der Waals surface area contributed by atoms with E-state index in [4.69, 9.17) is 0 Å². The molecule has 1 atom stereocenters. The van der Waals surface area contributed by atoms with Crippen LogP contribution in [0.3, 0.4) is 0 Å². The lowest BCUT2D eigenvalue weighted by Gasteiger charge is -2.22. The molecule has 0 aliphatic carbocycles. The van der Waals surface area contributed by atoms with E-state index in [1.165, 1.54) is 16.7 Å².